The molecule has 0 radical (unpaired) electrons. The maximum absolute atomic E-state index is 12.7. The lowest BCUT2D eigenvalue weighted by atomic mass is 9.92. The number of amides is 1. The van der Waals surface area contributed by atoms with Crippen molar-refractivity contribution in [2.45, 2.75) is 55.3 Å². The Balaban J connectivity index is 1.46. The zero-order valence-corrected chi connectivity index (χ0v) is 13.8. The van der Waals surface area contributed by atoms with Crippen molar-refractivity contribution in [1.82, 2.24) is 5.32 Å². The van der Waals surface area contributed by atoms with Crippen LogP contribution in [-0.2, 0) is 11.2 Å². The van der Waals surface area contributed by atoms with E-state index < -0.39 is 0 Å². The Morgan fingerprint density at radius 3 is 2.81 bits per heavy atom. The van der Waals surface area contributed by atoms with Gasteiger partial charge in [-0.25, -0.2) is 0 Å². The smallest absolute Gasteiger partial charge is 0.224 e. The highest BCUT2D eigenvalue weighted by Gasteiger charge is 2.57. The van der Waals surface area contributed by atoms with E-state index in [1.165, 1.54) is 36.8 Å². The van der Waals surface area contributed by atoms with Gasteiger partial charge in [0.25, 0.3) is 0 Å². The molecule has 2 nitrogen and oxygen atoms in total. The van der Waals surface area contributed by atoms with Crippen LogP contribution in [0, 0.1) is 11.8 Å². The van der Waals surface area contributed by atoms with Crippen LogP contribution in [0.25, 0.3) is 0 Å². The first-order chi connectivity index (χ1) is 10.3. The van der Waals surface area contributed by atoms with Gasteiger partial charge in [-0.1, -0.05) is 53.0 Å². The summed E-state index contributed by atoms with van der Waals surface area (Å²) in [6, 6.07) is 9.03. The number of aryl methyl sites for hydroxylation is 1. The molecular weight excluding hydrogens is 326 g/mol. The number of rotatable bonds is 2. The lowest BCUT2D eigenvalue weighted by Crippen LogP contribution is -2.43. The normalized spacial score (nSPS) is 37.3. The van der Waals surface area contributed by atoms with Crippen LogP contribution in [0.3, 0.4) is 0 Å². The molecule has 0 saturated heterocycles. The molecule has 0 aliphatic heterocycles. The number of hydrogen-bond acceptors (Lipinski definition) is 1. The van der Waals surface area contributed by atoms with Crippen molar-refractivity contribution in [3.8, 4) is 0 Å². The van der Waals surface area contributed by atoms with E-state index >= 15 is 0 Å². The Bertz CT molecular complexity index is 558. The average molecular weight is 348 g/mol. The molecule has 1 N–H and O–H groups in total. The maximum Gasteiger partial charge on any atom is 0.224 e. The number of benzene rings is 1. The minimum absolute atomic E-state index is 0.232. The van der Waals surface area contributed by atoms with Gasteiger partial charge in [-0.2, -0.15) is 0 Å². The summed E-state index contributed by atoms with van der Waals surface area (Å²) in [5, 5.41) is 3.33. The number of carbonyl (C=O) groups excluding carboxylic acids is 1. The van der Waals surface area contributed by atoms with Gasteiger partial charge in [-0.05, 0) is 48.6 Å². The van der Waals surface area contributed by atoms with Gasteiger partial charge in [-0.3, -0.25) is 4.79 Å². The van der Waals surface area contributed by atoms with Crippen molar-refractivity contribution in [3.63, 3.8) is 0 Å². The molecule has 1 aromatic rings. The number of fused-ring (bicyclic) bond motifs is 3. The molecule has 3 aliphatic carbocycles. The van der Waals surface area contributed by atoms with Gasteiger partial charge in [0, 0.05) is 16.8 Å². The van der Waals surface area contributed by atoms with E-state index in [4.69, 9.17) is 0 Å². The summed E-state index contributed by atoms with van der Waals surface area (Å²) in [5.41, 5.74) is 2.90. The number of alkyl halides is 1. The molecule has 2 saturated carbocycles. The summed E-state index contributed by atoms with van der Waals surface area (Å²) >= 11 is 3.74. The van der Waals surface area contributed by atoms with Gasteiger partial charge < -0.3 is 5.32 Å². The van der Waals surface area contributed by atoms with Crippen LogP contribution < -0.4 is 5.32 Å². The SMILES string of the molecule is O=C(NC1CCCCC1Br)C1C2CCc3ccccc3C21. The molecule has 5 atom stereocenters. The van der Waals surface area contributed by atoms with Crippen LogP contribution in [0.1, 0.15) is 49.1 Å². The third-order valence-corrected chi connectivity index (χ3v) is 6.74. The predicted octanol–water partition coefficient (Wildman–Crippen LogP) is 3.78. The molecule has 4 rings (SSSR count). The van der Waals surface area contributed by atoms with E-state index in [1.54, 1.807) is 0 Å². The molecule has 112 valence electrons. The van der Waals surface area contributed by atoms with Gasteiger partial charge in [-0.15, -0.1) is 0 Å². The highest BCUT2D eigenvalue weighted by molar-refractivity contribution is 9.09. The van der Waals surface area contributed by atoms with Crippen LogP contribution in [0.15, 0.2) is 24.3 Å². The fraction of sp³-hybridized carbons (Fsp3) is 0.611. The fourth-order valence-corrected chi connectivity index (χ4v) is 5.17. The largest absolute Gasteiger partial charge is 0.352 e. The molecular formula is C18H22BrNO. The quantitative estimate of drug-likeness (QED) is 0.810. The van der Waals surface area contributed by atoms with Crippen molar-refractivity contribution >= 4 is 21.8 Å². The van der Waals surface area contributed by atoms with E-state index in [0.29, 0.717) is 28.6 Å². The zero-order valence-electron chi connectivity index (χ0n) is 12.2. The molecule has 0 bridgehead atoms. The highest BCUT2D eigenvalue weighted by atomic mass is 79.9. The summed E-state index contributed by atoms with van der Waals surface area (Å²) in [6.07, 6.45) is 7.16. The van der Waals surface area contributed by atoms with Crippen LogP contribution in [0.5, 0.6) is 0 Å². The number of carbonyl (C=O) groups is 1. The topological polar surface area (TPSA) is 29.1 Å². The summed E-state index contributed by atoms with van der Waals surface area (Å²) in [4.78, 5) is 13.1. The van der Waals surface area contributed by atoms with E-state index in [9.17, 15) is 4.79 Å². The Morgan fingerprint density at radius 2 is 1.95 bits per heavy atom. The van der Waals surface area contributed by atoms with Gasteiger partial charge in [0.05, 0.1) is 0 Å². The minimum atomic E-state index is 0.232. The molecule has 3 heteroatoms. The summed E-state index contributed by atoms with van der Waals surface area (Å²) in [5.74, 6) is 1.62. The Labute approximate surface area is 134 Å². The average Bonchev–Trinajstić information content (AvgIpc) is 3.24. The monoisotopic (exact) mass is 347 g/mol. The van der Waals surface area contributed by atoms with Crippen molar-refractivity contribution in [2.24, 2.45) is 11.8 Å². The van der Waals surface area contributed by atoms with Crippen LogP contribution >= 0.6 is 15.9 Å². The van der Waals surface area contributed by atoms with Crippen molar-refractivity contribution in [3.05, 3.63) is 35.4 Å². The number of halogens is 1. The first-order valence-electron chi connectivity index (χ1n) is 8.28. The van der Waals surface area contributed by atoms with E-state index in [1.807, 2.05) is 0 Å². The summed E-state index contributed by atoms with van der Waals surface area (Å²) < 4.78 is 0. The number of hydrogen-bond donors (Lipinski definition) is 1. The van der Waals surface area contributed by atoms with Crippen LogP contribution in [-0.4, -0.2) is 16.8 Å². The first-order valence-corrected chi connectivity index (χ1v) is 9.19. The lowest BCUT2D eigenvalue weighted by molar-refractivity contribution is -0.123. The van der Waals surface area contributed by atoms with Crippen molar-refractivity contribution in [2.75, 3.05) is 0 Å². The Hall–Kier alpha value is -0.830. The highest BCUT2D eigenvalue weighted by Crippen LogP contribution is 2.59. The first kappa shape index (κ1) is 13.8. The minimum Gasteiger partial charge on any atom is -0.352 e. The van der Waals surface area contributed by atoms with Crippen molar-refractivity contribution in [1.29, 1.82) is 0 Å². The molecule has 0 heterocycles. The van der Waals surface area contributed by atoms with E-state index in [2.05, 4.69) is 45.5 Å². The second-order valence-corrected chi connectivity index (χ2v) is 8.04. The van der Waals surface area contributed by atoms with Gasteiger partial charge in [0.15, 0.2) is 0 Å². The zero-order chi connectivity index (χ0) is 14.4. The molecule has 21 heavy (non-hydrogen) atoms. The molecule has 2 fully saturated rings. The summed E-state index contributed by atoms with van der Waals surface area (Å²) in [6.45, 7) is 0. The van der Waals surface area contributed by atoms with E-state index in [0.717, 1.165) is 12.8 Å². The second kappa shape index (κ2) is 5.42. The summed E-state index contributed by atoms with van der Waals surface area (Å²) in [7, 11) is 0. The van der Waals surface area contributed by atoms with Crippen molar-refractivity contribution < 1.29 is 4.79 Å². The van der Waals surface area contributed by atoms with Gasteiger partial charge >= 0.3 is 0 Å². The predicted molar refractivity (Wildman–Crippen MR) is 87.6 cm³/mol. The molecule has 0 spiro atoms. The Kier molecular flexibility index (Phi) is 3.56. The van der Waals surface area contributed by atoms with Crippen LogP contribution in [0.2, 0.25) is 0 Å². The Morgan fingerprint density at radius 1 is 1.14 bits per heavy atom. The maximum atomic E-state index is 12.7. The molecule has 1 amide bonds. The standard InChI is InChI=1S/C18H22BrNO/c19-14-7-3-4-8-15(14)20-18(21)17-13-10-9-11-5-1-2-6-12(11)16(13)17/h1-2,5-6,13-17H,3-4,7-10H2,(H,20,21). The lowest BCUT2D eigenvalue weighted by Gasteiger charge is -2.28. The third-order valence-electron chi connectivity index (χ3n) is 5.64. The van der Waals surface area contributed by atoms with E-state index in [-0.39, 0.29) is 5.92 Å². The molecule has 5 unspecified atom stereocenters. The molecule has 1 aromatic carbocycles. The molecule has 0 aromatic heterocycles. The van der Waals surface area contributed by atoms with Crippen LogP contribution in [0.4, 0.5) is 0 Å². The fourth-order valence-electron chi connectivity index (χ4n) is 4.45. The van der Waals surface area contributed by atoms with Gasteiger partial charge in [0.2, 0.25) is 5.91 Å². The van der Waals surface area contributed by atoms with Gasteiger partial charge in [0.1, 0.15) is 0 Å². The molecule has 3 aliphatic rings. The number of nitrogens with one attached hydrogen (secondary N) is 1. The third kappa shape index (κ3) is 2.44. The second-order valence-electron chi connectivity index (χ2n) is 6.87.